The van der Waals surface area contributed by atoms with Crippen LogP contribution in [0.4, 0.5) is 4.39 Å². The van der Waals surface area contributed by atoms with Gasteiger partial charge >= 0.3 is 0 Å². The summed E-state index contributed by atoms with van der Waals surface area (Å²) in [5.74, 6) is -0.239. The van der Waals surface area contributed by atoms with Crippen molar-refractivity contribution in [1.29, 1.82) is 0 Å². The van der Waals surface area contributed by atoms with Crippen molar-refractivity contribution in [3.05, 3.63) is 59.9 Å². The summed E-state index contributed by atoms with van der Waals surface area (Å²) in [6, 6.07) is 13.9. The van der Waals surface area contributed by atoms with Crippen molar-refractivity contribution in [2.45, 2.75) is 6.61 Å². The van der Waals surface area contributed by atoms with Gasteiger partial charge in [-0.3, -0.25) is 0 Å². The summed E-state index contributed by atoms with van der Waals surface area (Å²) >= 11 is 0. The van der Waals surface area contributed by atoms with Crippen LogP contribution in [0.15, 0.2) is 48.5 Å². The lowest BCUT2D eigenvalue weighted by molar-refractivity contribution is 0.282. The average molecular weight is 202 g/mol. The van der Waals surface area contributed by atoms with Gasteiger partial charge in [0.15, 0.2) is 0 Å². The Labute approximate surface area is 87.8 Å². The van der Waals surface area contributed by atoms with E-state index in [0.29, 0.717) is 0 Å². The van der Waals surface area contributed by atoms with Gasteiger partial charge in [-0.2, -0.15) is 0 Å². The van der Waals surface area contributed by atoms with Crippen LogP contribution in [0.2, 0.25) is 0 Å². The highest BCUT2D eigenvalue weighted by Gasteiger charge is 1.98. The molecule has 76 valence electrons. The normalized spacial score (nSPS) is 10.3. The van der Waals surface area contributed by atoms with E-state index in [1.54, 1.807) is 12.1 Å². The lowest BCUT2D eigenvalue weighted by atomic mass is 10.0. The molecule has 0 saturated carbocycles. The number of halogens is 1. The van der Waals surface area contributed by atoms with Gasteiger partial charge in [-0.1, -0.05) is 30.3 Å². The maximum absolute atomic E-state index is 12.7. The second kappa shape index (κ2) is 4.24. The van der Waals surface area contributed by atoms with Crippen LogP contribution in [0.25, 0.3) is 11.1 Å². The monoisotopic (exact) mass is 202 g/mol. The molecule has 2 aromatic carbocycles. The zero-order valence-electron chi connectivity index (χ0n) is 8.15. The van der Waals surface area contributed by atoms with Gasteiger partial charge in [0.05, 0.1) is 6.61 Å². The van der Waals surface area contributed by atoms with E-state index in [9.17, 15) is 4.39 Å². The summed E-state index contributed by atoms with van der Waals surface area (Å²) in [7, 11) is 0. The number of hydrogen-bond donors (Lipinski definition) is 1. The van der Waals surface area contributed by atoms with Crippen LogP contribution in [0.5, 0.6) is 0 Å². The summed E-state index contributed by atoms with van der Waals surface area (Å²) in [5, 5.41) is 8.99. The van der Waals surface area contributed by atoms with Crippen LogP contribution in [0.3, 0.4) is 0 Å². The largest absolute Gasteiger partial charge is 0.392 e. The maximum Gasteiger partial charge on any atom is 0.123 e. The van der Waals surface area contributed by atoms with Crippen LogP contribution >= 0.6 is 0 Å². The number of aliphatic hydroxyl groups is 1. The number of benzene rings is 2. The molecule has 0 spiro atoms. The Morgan fingerprint density at radius 1 is 0.933 bits per heavy atom. The lowest BCUT2D eigenvalue weighted by Gasteiger charge is -2.03. The first-order chi connectivity index (χ1) is 7.29. The first-order valence-electron chi connectivity index (χ1n) is 4.75. The quantitative estimate of drug-likeness (QED) is 0.793. The van der Waals surface area contributed by atoms with Crippen molar-refractivity contribution < 1.29 is 9.50 Å². The number of rotatable bonds is 2. The molecule has 0 aliphatic heterocycles. The zero-order valence-corrected chi connectivity index (χ0v) is 8.15. The van der Waals surface area contributed by atoms with Crippen LogP contribution in [-0.2, 0) is 6.61 Å². The molecule has 1 N–H and O–H groups in total. The fourth-order valence-electron chi connectivity index (χ4n) is 1.49. The van der Waals surface area contributed by atoms with Crippen LogP contribution < -0.4 is 0 Å². The van der Waals surface area contributed by atoms with Gasteiger partial charge in [-0.05, 0) is 34.9 Å². The molecule has 0 atom stereocenters. The van der Waals surface area contributed by atoms with E-state index < -0.39 is 0 Å². The number of hydrogen-bond acceptors (Lipinski definition) is 1. The summed E-state index contributed by atoms with van der Waals surface area (Å²) < 4.78 is 12.7. The zero-order chi connectivity index (χ0) is 10.7. The van der Waals surface area contributed by atoms with Crippen LogP contribution in [0, 0.1) is 5.82 Å². The minimum atomic E-state index is -0.239. The molecule has 0 radical (unpaired) electrons. The standard InChI is InChI=1S/C13H11FO/c14-13-6-4-11(5-7-13)12-3-1-2-10(8-12)9-15/h1-8,15H,9H2. The molecule has 0 bridgehead atoms. The molecule has 0 aliphatic carbocycles. The molecule has 0 heterocycles. The Hall–Kier alpha value is -1.67. The molecular formula is C13H11FO. The highest BCUT2D eigenvalue weighted by atomic mass is 19.1. The highest BCUT2D eigenvalue weighted by Crippen LogP contribution is 2.20. The third-order valence-corrected chi connectivity index (χ3v) is 2.29. The van der Waals surface area contributed by atoms with Gasteiger partial charge in [-0.15, -0.1) is 0 Å². The molecule has 0 fully saturated rings. The summed E-state index contributed by atoms with van der Waals surface area (Å²) in [6.07, 6.45) is 0. The van der Waals surface area contributed by atoms with Crippen molar-refractivity contribution in [3.8, 4) is 11.1 Å². The summed E-state index contributed by atoms with van der Waals surface area (Å²) in [6.45, 7) is 0.0229. The predicted molar refractivity (Wildman–Crippen MR) is 57.8 cm³/mol. The van der Waals surface area contributed by atoms with E-state index in [-0.39, 0.29) is 12.4 Å². The van der Waals surface area contributed by atoms with E-state index in [0.717, 1.165) is 16.7 Å². The van der Waals surface area contributed by atoms with E-state index in [4.69, 9.17) is 5.11 Å². The Morgan fingerprint density at radius 2 is 1.67 bits per heavy atom. The van der Waals surface area contributed by atoms with E-state index in [1.807, 2.05) is 24.3 Å². The van der Waals surface area contributed by atoms with Crippen molar-refractivity contribution in [2.24, 2.45) is 0 Å². The Kier molecular flexibility index (Phi) is 2.79. The topological polar surface area (TPSA) is 20.2 Å². The third kappa shape index (κ3) is 2.22. The summed E-state index contributed by atoms with van der Waals surface area (Å²) in [5.41, 5.74) is 2.80. The Bertz CT molecular complexity index is 448. The molecule has 1 nitrogen and oxygen atoms in total. The molecular weight excluding hydrogens is 191 g/mol. The number of aliphatic hydroxyl groups excluding tert-OH is 1. The third-order valence-electron chi connectivity index (χ3n) is 2.29. The molecule has 0 aliphatic rings. The van der Waals surface area contributed by atoms with Gasteiger partial charge in [0.2, 0.25) is 0 Å². The highest BCUT2D eigenvalue weighted by molar-refractivity contribution is 5.63. The average Bonchev–Trinajstić information content (AvgIpc) is 2.30. The molecule has 2 rings (SSSR count). The smallest absolute Gasteiger partial charge is 0.123 e. The van der Waals surface area contributed by atoms with Crippen LogP contribution in [0.1, 0.15) is 5.56 Å². The predicted octanol–water partition coefficient (Wildman–Crippen LogP) is 2.99. The minimum Gasteiger partial charge on any atom is -0.392 e. The second-order valence-electron chi connectivity index (χ2n) is 3.37. The fraction of sp³-hybridized carbons (Fsp3) is 0.0769. The first kappa shape index (κ1) is 9.87. The molecule has 15 heavy (non-hydrogen) atoms. The minimum absolute atomic E-state index is 0.0229. The van der Waals surface area contributed by atoms with Crippen molar-refractivity contribution in [1.82, 2.24) is 0 Å². The maximum atomic E-state index is 12.7. The van der Waals surface area contributed by atoms with E-state index in [2.05, 4.69) is 0 Å². The molecule has 0 saturated heterocycles. The van der Waals surface area contributed by atoms with Gasteiger partial charge in [0.25, 0.3) is 0 Å². The van der Waals surface area contributed by atoms with Gasteiger partial charge < -0.3 is 5.11 Å². The molecule has 0 aromatic heterocycles. The van der Waals surface area contributed by atoms with Crippen LogP contribution in [-0.4, -0.2) is 5.11 Å². The fourth-order valence-corrected chi connectivity index (χ4v) is 1.49. The Balaban J connectivity index is 2.40. The van der Waals surface area contributed by atoms with Crippen molar-refractivity contribution >= 4 is 0 Å². The van der Waals surface area contributed by atoms with E-state index >= 15 is 0 Å². The lowest BCUT2D eigenvalue weighted by Crippen LogP contribution is -1.84. The molecule has 2 aromatic rings. The molecule has 0 unspecified atom stereocenters. The van der Waals surface area contributed by atoms with Gasteiger partial charge in [0, 0.05) is 0 Å². The van der Waals surface area contributed by atoms with Crippen molar-refractivity contribution in [3.63, 3.8) is 0 Å². The van der Waals surface area contributed by atoms with Crippen molar-refractivity contribution in [2.75, 3.05) is 0 Å². The van der Waals surface area contributed by atoms with Gasteiger partial charge in [-0.25, -0.2) is 4.39 Å². The molecule has 0 amide bonds. The summed E-state index contributed by atoms with van der Waals surface area (Å²) in [4.78, 5) is 0. The van der Waals surface area contributed by atoms with Gasteiger partial charge in [0.1, 0.15) is 5.82 Å². The molecule has 2 heteroatoms. The Morgan fingerprint density at radius 3 is 2.33 bits per heavy atom. The van der Waals surface area contributed by atoms with E-state index in [1.165, 1.54) is 12.1 Å². The first-order valence-corrected chi connectivity index (χ1v) is 4.75. The second-order valence-corrected chi connectivity index (χ2v) is 3.37. The SMILES string of the molecule is OCc1cccc(-c2ccc(F)cc2)c1.